The molecule has 0 aliphatic heterocycles. The molecule has 112 valence electrons. The molecule has 0 spiro atoms. The summed E-state index contributed by atoms with van der Waals surface area (Å²) in [7, 11) is 3.44. The molecule has 0 saturated carbocycles. The summed E-state index contributed by atoms with van der Waals surface area (Å²) in [5, 5.41) is 0.929. The van der Waals surface area contributed by atoms with Gasteiger partial charge in [0, 0.05) is 31.4 Å². The molecule has 0 aliphatic carbocycles. The monoisotopic (exact) mass is 314 g/mol. The van der Waals surface area contributed by atoms with Gasteiger partial charge in [0.25, 0.3) is 5.91 Å². The van der Waals surface area contributed by atoms with Crippen LogP contribution in [0.1, 0.15) is 16.1 Å². The fourth-order valence-corrected chi connectivity index (χ4v) is 2.44. The Morgan fingerprint density at radius 2 is 1.91 bits per heavy atom. The van der Waals surface area contributed by atoms with E-state index in [0.717, 1.165) is 16.6 Å². The molecule has 2 aromatic heterocycles. The molecule has 0 N–H and O–H groups in total. The minimum atomic E-state index is -0.102. The van der Waals surface area contributed by atoms with Crippen LogP contribution in [0, 0.1) is 6.92 Å². The van der Waals surface area contributed by atoms with Crippen LogP contribution in [0.5, 0.6) is 0 Å². The molecular formula is C16H15ClN4O. The number of hydrogen-bond acceptors (Lipinski definition) is 3. The highest BCUT2D eigenvalue weighted by Crippen LogP contribution is 2.24. The van der Waals surface area contributed by atoms with E-state index in [1.54, 1.807) is 26.4 Å². The van der Waals surface area contributed by atoms with E-state index in [9.17, 15) is 4.79 Å². The van der Waals surface area contributed by atoms with Crippen molar-refractivity contribution in [3.05, 3.63) is 53.1 Å². The second-order valence-electron chi connectivity index (χ2n) is 5.32. The smallest absolute Gasteiger partial charge is 0.270 e. The fraction of sp³-hybridized carbons (Fsp3) is 0.188. The number of benzene rings is 1. The zero-order valence-electron chi connectivity index (χ0n) is 12.5. The van der Waals surface area contributed by atoms with E-state index >= 15 is 0 Å². The molecule has 0 unspecified atom stereocenters. The van der Waals surface area contributed by atoms with Gasteiger partial charge in [-0.2, -0.15) is 4.98 Å². The third-order valence-corrected chi connectivity index (χ3v) is 3.61. The highest BCUT2D eigenvalue weighted by Gasteiger charge is 2.19. The minimum absolute atomic E-state index is 0.102. The van der Waals surface area contributed by atoms with Gasteiger partial charge in [0.1, 0.15) is 11.3 Å². The van der Waals surface area contributed by atoms with Crippen molar-refractivity contribution in [1.29, 1.82) is 0 Å². The predicted molar refractivity (Wildman–Crippen MR) is 86.6 cm³/mol. The Morgan fingerprint density at radius 3 is 2.55 bits per heavy atom. The van der Waals surface area contributed by atoms with Crippen LogP contribution in [0.4, 0.5) is 0 Å². The first-order valence-electron chi connectivity index (χ1n) is 6.80. The number of aromatic nitrogens is 3. The number of rotatable bonds is 2. The lowest BCUT2D eigenvalue weighted by Crippen LogP contribution is -2.24. The standard InChI is InChI=1S/C16H15ClN4O/c1-10-4-6-12(7-5-10)21-13(15(22)20(2)3)8-11-9-18-16(17)19-14(11)21/h4-9H,1-3H3. The molecular weight excluding hydrogens is 300 g/mol. The summed E-state index contributed by atoms with van der Waals surface area (Å²) in [5.41, 5.74) is 3.16. The van der Waals surface area contributed by atoms with Gasteiger partial charge in [0.15, 0.2) is 0 Å². The largest absolute Gasteiger partial charge is 0.343 e. The lowest BCUT2D eigenvalue weighted by molar-refractivity contribution is 0.0820. The Kier molecular flexibility index (Phi) is 3.58. The number of hydrogen-bond donors (Lipinski definition) is 0. The normalized spacial score (nSPS) is 10.9. The Morgan fingerprint density at radius 1 is 1.23 bits per heavy atom. The molecule has 0 bridgehead atoms. The number of carbonyl (C=O) groups is 1. The van der Waals surface area contributed by atoms with Crippen molar-refractivity contribution in [2.24, 2.45) is 0 Å². The van der Waals surface area contributed by atoms with E-state index in [1.807, 2.05) is 35.8 Å². The summed E-state index contributed by atoms with van der Waals surface area (Å²) in [5.74, 6) is -0.102. The topological polar surface area (TPSA) is 51.0 Å². The van der Waals surface area contributed by atoms with Gasteiger partial charge in [-0.3, -0.25) is 9.36 Å². The summed E-state index contributed by atoms with van der Waals surface area (Å²) >= 11 is 5.92. The Balaban J connectivity index is 2.32. The number of aryl methyl sites for hydroxylation is 1. The Labute approximate surface area is 133 Å². The van der Waals surface area contributed by atoms with Crippen LogP contribution in [-0.2, 0) is 0 Å². The lowest BCUT2D eigenvalue weighted by atomic mass is 10.2. The van der Waals surface area contributed by atoms with Gasteiger partial charge < -0.3 is 4.90 Å². The molecule has 0 aliphatic rings. The zero-order valence-corrected chi connectivity index (χ0v) is 13.3. The van der Waals surface area contributed by atoms with Gasteiger partial charge in [0.05, 0.1) is 0 Å². The fourth-order valence-electron chi connectivity index (χ4n) is 2.31. The third kappa shape index (κ3) is 2.44. The van der Waals surface area contributed by atoms with E-state index in [2.05, 4.69) is 9.97 Å². The van der Waals surface area contributed by atoms with Gasteiger partial charge in [-0.15, -0.1) is 0 Å². The van der Waals surface area contributed by atoms with Crippen molar-refractivity contribution in [2.75, 3.05) is 14.1 Å². The van der Waals surface area contributed by atoms with Crippen molar-refractivity contribution < 1.29 is 4.79 Å². The molecule has 5 nitrogen and oxygen atoms in total. The van der Waals surface area contributed by atoms with Crippen LogP contribution >= 0.6 is 11.6 Å². The summed E-state index contributed by atoms with van der Waals surface area (Å²) in [4.78, 5) is 22.3. The van der Waals surface area contributed by atoms with Crippen molar-refractivity contribution in [3.8, 4) is 5.69 Å². The molecule has 22 heavy (non-hydrogen) atoms. The zero-order chi connectivity index (χ0) is 15.9. The molecule has 6 heteroatoms. The van der Waals surface area contributed by atoms with Gasteiger partial charge >= 0.3 is 0 Å². The number of carbonyl (C=O) groups excluding carboxylic acids is 1. The summed E-state index contributed by atoms with van der Waals surface area (Å²) < 4.78 is 1.81. The maximum Gasteiger partial charge on any atom is 0.270 e. The molecule has 0 atom stereocenters. The quantitative estimate of drug-likeness (QED) is 0.683. The van der Waals surface area contributed by atoms with Gasteiger partial charge in [-0.1, -0.05) is 17.7 Å². The summed E-state index contributed by atoms with van der Waals surface area (Å²) in [6.07, 6.45) is 1.63. The first-order valence-corrected chi connectivity index (χ1v) is 7.18. The predicted octanol–water partition coefficient (Wildman–Crippen LogP) is 3.08. The van der Waals surface area contributed by atoms with E-state index in [0.29, 0.717) is 11.3 Å². The maximum absolute atomic E-state index is 12.5. The molecule has 0 radical (unpaired) electrons. The van der Waals surface area contributed by atoms with Crippen LogP contribution in [0.25, 0.3) is 16.7 Å². The second-order valence-corrected chi connectivity index (χ2v) is 5.66. The molecule has 1 aromatic carbocycles. The van der Waals surface area contributed by atoms with E-state index in [-0.39, 0.29) is 11.2 Å². The second kappa shape index (κ2) is 5.42. The van der Waals surface area contributed by atoms with Gasteiger partial charge in [-0.25, -0.2) is 4.98 Å². The molecule has 0 saturated heterocycles. The molecule has 0 fully saturated rings. The maximum atomic E-state index is 12.5. The van der Waals surface area contributed by atoms with Crippen LogP contribution in [0.15, 0.2) is 36.5 Å². The highest BCUT2D eigenvalue weighted by atomic mass is 35.5. The molecule has 3 rings (SSSR count). The van der Waals surface area contributed by atoms with Crippen LogP contribution in [0.3, 0.4) is 0 Å². The molecule has 1 amide bonds. The van der Waals surface area contributed by atoms with Crippen LogP contribution < -0.4 is 0 Å². The van der Waals surface area contributed by atoms with Crippen molar-refractivity contribution in [2.45, 2.75) is 6.92 Å². The average Bonchev–Trinajstić information content (AvgIpc) is 2.85. The Hall–Kier alpha value is -2.40. The van der Waals surface area contributed by atoms with Crippen LogP contribution in [0.2, 0.25) is 5.28 Å². The van der Waals surface area contributed by atoms with E-state index < -0.39 is 0 Å². The SMILES string of the molecule is Cc1ccc(-n2c(C(=O)N(C)C)cc3cnc(Cl)nc32)cc1. The number of fused-ring (bicyclic) bond motifs is 1. The van der Waals surface area contributed by atoms with E-state index in [4.69, 9.17) is 11.6 Å². The summed E-state index contributed by atoms with van der Waals surface area (Å²) in [6.45, 7) is 2.02. The molecule has 3 aromatic rings. The Bertz CT molecular complexity index is 852. The lowest BCUT2D eigenvalue weighted by Gasteiger charge is -2.14. The average molecular weight is 315 g/mol. The van der Waals surface area contributed by atoms with Gasteiger partial charge in [-0.05, 0) is 36.7 Å². The van der Waals surface area contributed by atoms with Crippen molar-refractivity contribution in [1.82, 2.24) is 19.4 Å². The highest BCUT2D eigenvalue weighted by molar-refractivity contribution is 6.28. The summed E-state index contributed by atoms with van der Waals surface area (Å²) in [6, 6.07) is 9.68. The minimum Gasteiger partial charge on any atom is -0.343 e. The number of amides is 1. The molecule has 2 heterocycles. The number of nitrogens with zero attached hydrogens (tertiary/aromatic N) is 4. The first kappa shape index (κ1) is 14.5. The van der Waals surface area contributed by atoms with E-state index in [1.165, 1.54) is 4.90 Å². The number of halogens is 1. The van der Waals surface area contributed by atoms with Crippen LogP contribution in [-0.4, -0.2) is 39.4 Å². The van der Waals surface area contributed by atoms with Gasteiger partial charge in [0.2, 0.25) is 5.28 Å². The third-order valence-electron chi connectivity index (χ3n) is 3.43. The first-order chi connectivity index (χ1) is 10.5. The van der Waals surface area contributed by atoms with Crippen molar-refractivity contribution >= 4 is 28.5 Å². The van der Waals surface area contributed by atoms with Crippen molar-refractivity contribution in [3.63, 3.8) is 0 Å².